The van der Waals surface area contributed by atoms with Crippen molar-refractivity contribution < 1.29 is 13.6 Å². The molecule has 0 aliphatic carbocycles. The normalized spacial score (nSPS) is 10.8. The number of nitrogens with one attached hydrogen (secondary N) is 1. The van der Waals surface area contributed by atoms with Crippen molar-refractivity contribution >= 4 is 50.6 Å². The highest BCUT2D eigenvalue weighted by Gasteiger charge is 2.15. The molecule has 0 fully saturated rings. The molecule has 20 heavy (non-hydrogen) atoms. The standard InChI is InChI=1S/C13H10BrF2NOS2/c1-7-6-10(19-11(7)14)12(18)17-8-4-2-3-5-9(8)20-13(15)16/h2-6,13H,1H3,(H,17,18). The van der Waals surface area contributed by atoms with Gasteiger partial charge in [0.05, 0.1) is 14.4 Å². The number of carbonyl (C=O) groups excluding carboxylic acids is 1. The molecule has 2 nitrogen and oxygen atoms in total. The van der Waals surface area contributed by atoms with Crippen LogP contribution < -0.4 is 5.32 Å². The molecule has 2 rings (SSSR count). The zero-order chi connectivity index (χ0) is 14.7. The number of alkyl halides is 2. The maximum Gasteiger partial charge on any atom is 0.288 e. The molecule has 1 aromatic heterocycles. The quantitative estimate of drug-likeness (QED) is 0.724. The molecule has 0 aliphatic rings. The maximum absolute atomic E-state index is 12.5. The summed E-state index contributed by atoms with van der Waals surface area (Å²) < 4.78 is 25.8. The van der Waals surface area contributed by atoms with Crippen molar-refractivity contribution in [2.45, 2.75) is 17.6 Å². The number of halogens is 3. The van der Waals surface area contributed by atoms with Crippen LogP contribution >= 0.6 is 39.0 Å². The number of rotatable bonds is 4. The third-order valence-corrected chi connectivity index (χ3v) is 5.36. The fourth-order valence-corrected chi connectivity index (χ4v) is 3.55. The van der Waals surface area contributed by atoms with Crippen LogP contribution in [-0.2, 0) is 0 Å². The van der Waals surface area contributed by atoms with Crippen molar-refractivity contribution in [1.29, 1.82) is 0 Å². The maximum atomic E-state index is 12.5. The van der Waals surface area contributed by atoms with Gasteiger partial charge in [0.2, 0.25) is 0 Å². The van der Waals surface area contributed by atoms with Gasteiger partial charge in [0.1, 0.15) is 0 Å². The van der Waals surface area contributed by atoms with Gasteiger partial charge in [0, 0.05) is 4.90 Å². The Morgan fingerprint density at radius 3 is 2.70 bits per heavy atom. The number of benzene rings is 1. The van der Waals surface area contributed by atoms with Gasteiger partial charge in [-0.1, -0.05) is 23.9 Å². The number of amides is 1. The summed E-state index contributed by atoms with van der Waals surface area (Å²) in [5, 5.41) is 2.67. The van der Waals surface area contributed by atoms with E-state index >= 15 is 0 Å². The lowest BCUT2D eigenvalue weighted by Gasteiger charge is -2.09. The van der Waals surface area contributed by atoms with Crippen molar-refractivity contribution in [3.8, 4) is 0 Å². The van der Waals surface area contributed by atoms with Crippen LogP contribution in [0.3, 0.4) is 0 Å². The predicted octanol–water partition coefficient (Wildman–Crippen LogP) is 5.39. The van der Waals surface area contributed by atoms with Crippen LogP contribution in [0.1, 0.15) is 15.2 Å². The molecule has 1 aromatic carbocycles. The second-order valence-corrected chi connectivity index (χ2v) is 7.30. The van der Waals surface area contributed by atoms with E-state index in [1.807, 2.05) is 6.92 Å². The average Bonchev–Trinajstić information content (AvgIpc) is 2.71. The summed E-state index contributed by atoms with van der Waals surface area (Å²) in [7, 11) is 0. The van der Waals surface area contributed by atoms with Gasteiger partial charge in [-0.2, -0.15) is 8.78 Å². The number of aryl methyl sites for hydroxylation is 1. The van der Waals surface area contributed by atoms with Gasteiger partial charge in [0.25, 0.3) is 11.7 Å². The number of hydrogen-bond donors (Lipinski definition) is 1. The highest BCUT2D eigenvalue weighted by atomic mass is 79.9. The molecule has 1 amide bonds. The second-order valence-electron chi connectivity index (χ2n) is 3.90. The summed E-state index contributed by atoms with van der Waals surface area (Å²) in [4.78, 5) is 13.0. The van der Waals surface area contributed by atoms with Crippen LogP contribution in [0.15, 0.2) is 39.0 Å². The Bertz CT molecular complexity index is 611. The molecule has 106 valence electrons. The van der Waals surface area contributed by atoms with Gasteiger partial charge < -0.3 is 5.32 Å². The average molecular weight is 378 g/mol. The first-order valence-corrected chi connectivity index (χ1v) is 8.07. The minimum Gasteiger partial charge on any atom is -0.320 e. The smallest absolute Gasteiger partial charge is 0.288 e. The fourth-order valence-electron chi connectivity index (χ4n) is 1.52. The van der Waals surface area contributed by atoms with Crippen LogP contribution in [-0.4, -0.2) is 11.7 Å². The van der Waals surface area contributed by atoms with Gasteiger partial charge in [-0.3, -0.25) is 4.79 Å². The number of thioether (sulfide) groups is 1. The molecule has 1 heterocycles. The lowest BCUT2D eigenvalue weighted by atomic mass is 10.3. The summed E-state index contributed by atoms with van der Waals surface area (Å²) in [5.74, 6) is -2.82. The first kappa shape index (κ1) is 15.5. The van der Waals surface area contributed by atoms with Crippen LogP contribution in [0.2, 0.25) is 0 Å². The first-order chi connectivity index (χ1) is 9.47. The molecule has 7 heteroatoms. The molecule has 0 saturated carbocycles. The zero-order valence-corrected chi connectivity index (χ0v) is 13.5. The largest absolute Gasteiger partial charge is 0.320 e. The van der Waals surface area contributed by atoms with Gasteiger partial charge in [-0.25, -0.2) is 0 Å². The molecule has 0 unspecified atom stereocenters. The molecule has 0 radical (unpaired) electrons. The van der Waals surface area contributed by atoms with Gasteiger partial charge >= 0.3 is 0 Å². The van der Waals surface area contributed by atoms with E-state index in [4.69, 9.17) is 0 Å². The Kier molecular flexibility index (Phi) is 5.17. The van der Waals surface area contributed by atoms with Gasteiger partial charge in [-0.05, 0) is 46.6 Å². The number of carbonyl (C=O) groups is 1. The van der Waals surface area contributed by atoms with E-state index in [0.29, 0.717) is 27.2 Å². The molecule has 2 aromatic rings. The number of anilines is 1. The minimum atomic E-state index is -2.52. The fraction of sp³-hybridized carbons (Fsp3) is 0.154. The third-order valence-electron chi connectivity index (χ3n) is 2.43. The minimum absolute atomic E-state index is 0.300. The summed E-state index contributed by atoms with van der Waals surface area (Å²) in [6, 6.07) is 8.28. The molecule has 0 bridgehead atoms. The van der Waals surface area contributed by atoms with Crippen molar-refractivity contribution in [3.63, 3.8) is 0 Å². The van der Waals surface area contributed by atoms with Crippen molar-refractivity contribution in [2.24, 2.45) is 0 Å². The van der Waals surface area contributed by atoms with E-state index in [1.165, 1.54) is 11.3 Å². The molecule has 0 saturated heterocycles. The first-order valence-electron chi connectivity index (χ1n) is 5.58. The summed E-state index contributed by atoms with van der Waals surface area (Å²) in [5.41, 5.74) is 1.36. The third kappa shape index (κ3) is 3.80. The lowest BCUT2D eigenvalue weighted by Crippen LogP contribution is -2.11. The highest BCUT2D eigenvalue weighted by molar-refractivity contribution is 9.11. The van der Waals surface area contributed by atoms with Gasteiger partial charge in [0.15, 0.2) is 0 Å². The number of para-hydroxylation sites is 1. The molecule has 0 aliphatic heterocycles. The molecular weight excluding hydrogens is 368 g/mol. The summed E-state index contributed by atoms with van der Waals surface area (Å²) in [6.45, 7) is 1.89. The van der Waals surface area contributed by atoms with Crippen molar-refractivity contribution in [2.75, 3.05) is 5.32 Å². The summed E-state index contributed by atoms with van der Waals surface area (Å²) >= 11 is 5.08. The monoisotopic (exact) mass is 377 g/mol. The van der Waals surface area contributed by atoms with Crippen LogP contribution in [0.4, 0.5) is 14.5 Å². The molecule has 0 spiro atoms. The van der Waals surface area contributed by atoms with E-state index in [1.54, 1.807) is 30.3 Å². The van der Waals surface area contributed by atoms with E-state index in [0.717, 1.165) is 9.35 Å². The Balaban J connectivity index is 2.19. The van der Waals surface area contributed by atoms with E-state index in [2.05, 4.69) is 21.2 Å². The van der Waals surface area contributed by atoms with Crippen molar-refractivity contribution in [1.82, 2.24) is 0 Å². The Morgan fingerprint density at radius 1 is 1.40 bits per heavy atom. The van der Waals surface area contributed by atoms with Crippen LogP contribution in [0.25, 0.3) is 0 Å². The van der Waals surface area contributed by atoms with E-state index in [9.17, 15) is 13.6 Å². The molecule has 1 N–H and O–H groups in total. The van der Waals surface area contributed by atoms with Crippen LogP contribution in [0.5, 0.6) is 0 Å². The summed E-state index contributed by atoms with van der Waals surface area (Å²) in [6.07, 6.45) is 0. The Morgan fingerprint density at radius 2 is 2.10 bits per heavy atom. The van der Waals surface area contributed by atoms with Crippen molar-refractivity contribution in [3.05, 3.63) is 44.6 Å². The Labute approximate surface area is 131 Å². The zero-order valence-electron chi connectivity index (χ0n) is 10.3. The van der Waals surface area contributed by atoms with E-state index in [-0.39, 0.29) is 5.91 Å². The molecule has 0 atom stereocenters. The topological polar surface area (TPSA) is 29.1 Å². The van der Waals surface area contributed by atoms with E-state index < -0.39 is 5.76 Å². The lowest BCUT2D eigenvalue weighted by molar-refractivity contribution is 0.103. The SMILES string of the molecule is Cc1cc(C(=O)Nc2ccccc2SC(F)F)sc1Br. The van der Waals surface area contributed by atoms with Crippen LogP contribution in [0, 0.1) is 6.92 Å². The number of thiophene rings is 1. The van der Waals surface area contributed by atoms with Gasteiger partial charge in [-0.15, -0.1) is 11.3 Å². The predicted molar refractivity (Wildman–Crippen MR) is 83.0 cm³/mol. The number of hydrogen-bond acceptors (Lipinski definition) is 3. The highest BCUT2D eigenvalue weighted by Crippen LogP contribution is 2.33. The second kappa shape index (κ2) is 6.69. The Hall–Kier alpha value is -0.920. The molecular formula is C13H10BrF2NOS2.